The molecule has 1 unspecified atom stereocenters. The summed E-state index contributed by atoms with van der Waals surface area (Å²) < 4.78 is 1.18. The Bertz CT molecular complexity index is 373. The van der Waals surface area contributed by atoms with Crippen LogP contribution in [0.25, 0.3) is 0 Å². The molecule has 2 heteroatoms. The molecule has 1 aliphatic heterocycles. The molecule has 1 saturated heterocycles. The maximum Gasteiger partial charge on any atom is 0.0175 e. The lowest BCUT2D eigenvalue weighted by molar-refractivity contribution is 0.130. The van der Waals surface area contributed by atoms with Crippen LogP contribution in [0.3, 0.4) is 0 Å². The molecule has 1 nitrogen and oxygen atoms in total. The summed E-state index contributed by atoms with van der Waals surface area (Å²) in [6, 6.07) is 8.99. The third-order valence-corrected chi connectivity index (χ3v) is 5.18. The minimum Gasteiger partial charge on any atom is -0.316 e. The van der Waals surface area contributed by atoms with Gasteiger partial charge >= 0.3 is 0 Å². The summed E-state index contributed by atoms with van der Waals surface area (Å²) in [5.41, 5.74) is 2.03. The van der Waals surface area contributed by atoms with Crippen LogP contribution >= 0.6 is 15.9 Å². The summed E-state index contributed by atoms with van der Waals surface area (Å²) in [6.45, 7) is 6.99. The number of hydrogen-bond donors (Lipinski definition) is 1. The summed E-state index contributed by atoms with van der Waals surface area (Å²) >= 11 is 3.54. The summed E-state index contributed by atoms with van der Waals surface area (Å²) in [5.74, 6) is 0.675. The van der Waals surface area contributed by atoms with Gasteiger partial charge in [0.15, 0.2) is 0 Å². The van der Waals surface area contributed by atoms with E-state index in [9.17, 15) is 0 Å². The van der Waals surface area contributed by atoms with Gasteiger partial charge in [0.1, 0.15) is 0 Å². The molecule has 0 radical (unpaired) electrons. The number of hydrogen-bond acceptors (Lipinski definition) is 1. The molecule has 19 heavy (non-hydrogen) atoms. The van der Waals surface area contributed by atoms with Gasteiger partial charge in [0.25, 0.3) is 0 Å². The number of benzene rings is 1. The maximum atomic E-state index is 3.61. The molecule has 1 aromatic carbocycles. The van der Waals surface area contributed by atoms with Crippen molar-refractivity contribution < 1.29 is 0 Å². The summed E-state index contributed by atoms with van der Waals surface area (Å²) in [4.78, 5) is 0. The van der Waals surface area contributed by atoms with Crippen molar-refractivity contribution in [1.29, 1.82) is 0 Å². The molecule has 106 valence electrons. The Balaban J connectivity index is 2.29. The number of piperidine rings is 1. The fourth-order valence-electron chi connectivity index (χ4n) is 3.86. The second kappa shape index (κ2) is 6.90. The minimum absolute atomic E-state index is 0.516. The molecule has 0 aliphatic carbocycles. The number of halogens is 1. The Morgan fingerprint density at radius 1 is 1.16 bits per heavy atom. The Labute approximate surface area is 126 Å². The van der Waals surface area contributed by atoms with Crippen LogP contribution in [0, 0.1) is 5.41 Å². The minimum atomic E-state index is 0.516. The highest BCUT2D eigenvalue weighted by molar-refractivity contribution is 9.10. The van der Waals surface area contributed by atoms with Gasteiger partial charge in [-0.15, -0.1) is 0 Å². The number of rotatable bonds is 5. The van der Waals surface area contributed by atoms with Crippen LogP contribution in [0.1, 0.15) is 57.4 Å². The zero-order valence-corrected chi connectivity index (χ0v) is 13.8. The Morgan fingerprint density at radius 3 is 2.37 bits per heavy atom. The third kappa shape index (κ3) is 3.41. The standard InChI is InChI=1S/C17H26BrN/c1-3-9-17(10-4-2)11-12-19-13-16(17)14-5-7-15(18)8-6-14/h5-8,16,19H,3-4,9-13H2,1-2H3. The number of nitrogens with one attached hydrogen (secondary N) is 1. The first-order valence-corrected chi connectivity index (χ1v) is 8.47. The molecule has 0 saturated carbocycles. The van der Waals surface area contributed by atoms with Gasteiger partial charge in [-0.05, 0) is 48.9 Å². The highest BCUT2D eigenvalue weighted by Gasteiger charge is 2.39. The lowest BCUT2D eigenvalue weighted by Crippen LogP contribution is -2.43. The van der Waals surface area contributed by atoms with Crippen LogP contribution < -0.4 is 5.32 Å². The molecule has 1 aromatic rings. The van der Waals surface area contributed by atoms with Crippen LogP contribution in [-0.4, -0.2) is 13.1 Å². The summed E-state index contributed by atoms with van der Waals surface area (Å²) in [5, 5.41) is 3.61. The van der Waals surface area contributed by atoms with Crippen LogP contribution in [0.2, 0.25) is 0 Å². The van der Waals surface area contributed by atoms with Crippen molar-refractivity contribution in [1.82, 2.24) is 5.32 Å². The van der Waals surface area contributed by atoms with E-state index in [2.05, 4.69) is 59.4 Å². The molecular weight excluding hydrogens is 298 g/mol. The normalized spacial score (nSPS) is 22.4. The average Bonchev–Trinajstić information content (AvgIpc) is 2.41. The molecule has 0 bridgehead atoms. The van der Waals surface area contributed by atoms with Crippen LogP contribution in [0.15, 0.2) is 28.7 Å². The van der Waals surface area contributed by atoms with E-state index >= 15 is 0 Å². The van der Waals surface area contributed by atoms with Crippen molar-refractivity contribution in [2.75, 3.05) is 13.1 Å². The maximum absolute atomic E-state index is 3.61. The molecule has 2 rings (SSSR count). The van der Waals surface area contributed by atoms with Gasteiger partial charge in [-0.1, -0.05) is 54.8 Å². The van der Waals surface area contributed by atoms with E-state index < -0.39 is 0 Å². The van der Waals surface area contributed by atoms with Crippen molar-refractivity contribution in [3.63, 3.8) is 0 Å². The predicted molar refractivity (Wildman–Crippen MR) is 86.6 cm³/mol. The Kier molecular flexibility index (Phi) is 5.47. The van der Waals surface area contributed by atoms with Crippen LogP contribution in [0.4, 0.5) is 0 Å². The predicted octanol–water partition coefficient (Wildman–Crippen LogP) is 5.11. The molecule has 1 heterocycles. The van der Waals surface area contributed by atoms with Crippen LogP contribution in [-0.2, 0) is 0 Å². The lowest BCUT2D eigenvalue weighted by Gasteiger charge is -2.45. The van der Waals surface area contributed by atoms with Crippen molar-refractivity contribution in [3.8, 4) is 0 Å². The Morgan fingerprint density at radius 2 is 1.79 bits per heavy atom. The van der Waals surface area contributed by atoms with E-state index in [4.69, 9.17) is 0 Å². The van der Waals surface area contributed by atoms with Gasteiger partial charge in [0.05, 0.1) is 0 Å². The van der Waals surface area contributed by atoms with Gasteiger partial charge in [0, 0.05) is 16.9 Å². The summed E-state index contributed by atoms with van der Waals surface area (Å²) in [6.07, 6.45) is 6.65. The highest BCUT2D eigenvalue weighted by atomic mass is 79.9. The molecule has 1 N–H and O–H groups in total. The fraction of sp³-hybridized carbons (Fsp3) is 0.647. The second-order valence-corrected chi connectivity index (χ2v) is 6.84. The van der Waals surface area contributed by atoms with Gasteiger partial charge in [-0.25, -0.2) is 0 Å². The second-order valence-electron chi connectivity index (χ2n) is 5.92. The molecule has 0 spiro atoms. The van der Waals surface area contributed by atoms with Crippen LogP contribution in [0.5, 0.6) is 0 Å². The Hall–Kier alpha value is -0.340. The van der Waals surface area contributed by atoms with E-state index in [0.29, 0.717) is 11.3 Å². The topological polar surface area (TPSA) is 12.0 Å². The molecule has 1 aliphatic rings. The van der Waals surface area contributed by atoms with E-state index in [1.54, 1.807) is 0 Å². The molecule has 0 aromatic heterocycles. The SMILES string of the molecule is CCCC1(CCC)CCNCC1c1ccc(Br)cc1. The quantitative estimate of drug-likeness (QED) is 0.793. The first kappa shape index (κ1) is 15.1. The van der Waals surface area contributed by atoms with E-state index in [1.165, 1.54) is 48.7 Å². The van der Waals surface area contributed by atoms with Crippen molar-refractivity contribution in [2.24, 2.45) is 5.41 Å². The molecule has 1 fully saturated rings. The summed E-state index contributed by atoms with van der Waals surface area (Å²) in [7, 11) is 0. The van der Waals surface area contributed by atoms with Crippen molar-refractivity contribution >= 4 is 15.9 Å². The van der Waals surface area contributed by atoms with Gasteiger partial charge < -0.3 is 5.32 Å². The average molecular weight is 324 g/mol. The smallest absolute Gasteiger partial charge is 0.0175 e. The molecular formula is C17H26BrN. The third-order valence-electron chi connectivity index (χ3n) is 4.66. The monoisotopic (exact) mass is 323 g/mol. The largest absolute Gasteiger partial charge is 0.316 e. The highest BCUT2D eigenvalue weighted by Crippen LogP contribution is 2.48. The fourth-order valence-corrected chi connectivity index (χ4v) is 4.12. The van der Waals surface area contributed by atoms with Gasteiger partial charge in [-0.2, -0.15) is 0 Å². The van der Waals surface area contributed by atoms with Gasteiger partial charge in [0.2, 0.25) is 0 Å². The lowest BCUT2D eigenvalue weighted by atomic mass is 9.63. The van der Waals surface area contributed by atoms with E-state index in [1.807, 2.05) is 0 Å². The first-order valence-electron chi connectivity index (χ1n) is 7.68. The zero-order valence-electron chi connectivity index (χ0n) is 12.2. The van der Waals surface area contributed by atoms with Crippen molar-refractivity contribution in [2.45, 2.75) is 51.9 Å². The van der Waals surface area contributed by atoms with Gasteiger partial charge in [-0.3, -0.25) is 0 Å². The molecule has 1 atom stereocenters. The zero-order chi connectivity index (χ0) is 13.7. The van der Waals surface area contributed by atoms with E-state index in [0.717, 1.165) is 6.54 Å². The van der Waals surface area contributed by atoms with E-state index in [-0.39, 0.29) is 0 Å². The first-order chi connectivity index (χ1) is 9.22. The van der Waals surface area contributed by atoms with Crippen molar-refractivity contribution in [3.05, 3.63) is 34.3 Å². The molecule has 0 amide bonds.